The van der Waals surface area contributed by atoms with Crippen LogP contribution in [0.5, 0.6) is 0 Å². The highest BCUT2D eigenvalue weighted by molar-refractivity contribution is 5.71. The third-order valence-corrected chi connectivity index (χ3v) is 2.97. The van der Waals surface area contributed by atoms with Crippen LogP contribution >= 0.6 is 0 Å². The zero-order chi connectivity index (χ0) is 13.2. The number of rotatable bonds is 2. The number of amides is 1. The van der Waals surface area contributed by atoms with Crippen molar-refractivity contribution in [2.75, 3.05) is 13.1 Å². The molecule has 1 amide bonds. The molecule has 0 radical (unpaired) electrons. The van der Waals surface area contributed by atoms with Crippen LogP contribution in [0.15, 0.2) is 0 Å². The molecule has 0 saturated carbocycles. The molecule has 2 atom stereocenters. The van der Waals surface area contributed by atoms with Gasteiger partial charge in [-0.1, -0.05) is 6.92 Å². The molecule has 0 aliphatic carbocycles. The maximum absolute atomic E-state index is 11.8. The molecule has 5 nitrogen and oxygen atoms in total. The van der Waals surface area contributed by atoms with E-state index in [1.165, 1.54) is 0 Å². The molecule has 1 fully saturated rings. The lowest BCUT2D eigenvalue weighted by Gasteiger charge is -2.24. The Kier molecular flexibility index (Phi) is 4.01. The molecule has 1 N–H and O–H groups in total. The first-order chi connectivity index (χ1) is 7.70. The quantitative estimate of drug-likeness (QED) is 0.805. The summed E-state index contributed by atoms with van der Waals surface area (Å²) in [5, 5.41) is 8.92. The molecule has 1 rings (SSSR count). The Labute approximate surface area is 102 Å². The van der Waals surface area contributed by atoms with E-state index in [1.54, 1.807) is 11.8 Å². The molecular formula is C12H21NO4. The van der Waals surface area contributed by atoms with Crippen molar-refractivity contribution in [2.24, 2.45) is 11.8 Å². The molecule has 1 saturated heterocycles. The second kappa shape index (κ2) is 4.94. The monoisotopic (exact) mass is 243 g/mol. The van der Waals surface area contributed by atoms with Crippen molar-refractivity contribution in [1.82, 2.24) is 4.90 Å². The zero-order valence-electron chi connectivity index (χ0n) is 10.9. The number of aliphatic carboxylic acids is 1. The normalized spacial score (nSPS) is 22.4. The predicted molar refractivity (Wildman–Crippen MR) is 62.7 cm³/mol. The molecule has 0 bridgehead atoms. The number of likely N-dealkylation sites (tertiary alicyclic amines) is 1. The van der Waals surface area contributed by atoms with E-state index in [9.17, 15) is 9.59 Å². The Morgan fingerprint density at radius 1 is 1.41 bits per heavy atom. The number of carboxylic acid groups (broad SMARTS) is 1. The fourth-order valence-electron chi connectivity index (χ4n) is 1.89. The SMILES string of the molecule is CC(C(=O)O)[C@H]1CCN(C(=O)OC(C)(C)C)C1. The lowest BCUT2D eigenvalue weighted by atomic mass is 9.94. The highest BCUT2D eigenvalue weighted by Crippen LogP contribution is 2.25. The Balaban J connectivity index is 2.50. The van der Waals surface area contributed by atoms with Crippen LogP contribution in [0, 0.1) is 11.8 Å². The maximum Gasteiger partial charge on any atom is 0.410 e. The van der Waals surface area contributed by atoms with Crippen LogP contribution in [-0.4, -0.2) is 40.8 Å². The van der Waals surface area contributed by atoms with Crippen LogP contribution in [0.2, 0.25) is 0 Å². The van der Waals surface area contributed by atoms with Gasteiger partial charge in [0.1, 0.15) is 5.60 Å². The summed E-state index contributed by atoms with van der Waals surface area (Å²) >= 11 is 0. The van der Waals surface area contributed by atoms with E-state index in [1.807, 2.05) is 20.8 Å². The molecule has 0 spiro atoms. The molecular weight excluding hydrogens is 222 g/mol. The standard InChI is InChI=1S/C12H21NO4/c1-8(10(14)15)9-5-6-13(7-9)11(16)17-12(2,3)4/h8-9H,5-7H2,1-4H3,(H,14,15)/t8?,9-/m0/s1. The van der Waals surface area contributed by atoms with Gasteiger partial charge in [0.2, 0.25) is 0 Å². The van der Waals surface area contributed by atoms with Gasteiger partial charge in [-0.15, -0.1) is 0 Å². The van der Waals surface area contributed by atoms with Crippen molar-refractivity contribution in [1.29, 1.82) is 0 Å². The van der Waals surface area contributed by atoms with E-state index < -0.39 is 17.5 Å². The molecule has 1 aliphatic heterocycles. The average Bonchev–Trinajstić information content (AvgIpc) is 2.62. The van der Waals surface area contributed by atoms with Gasteiger partial charge in [-0.3, -0.25) is 4.79 Å². The van der Waals surface area contributed by atoms with Crippen molar-refractivity contribution >= 4 is 12.1 Å². The molecule has 0 aromatic rings. The van der Waals surface area contributed by atoms with E-state index in [0.717, 1.165) is 6.42 Å². The summed E-state index contributed by atoms with van der Waals surface area (Å²) in [6.07, 6.45) is 0.379. The fraction of sp³-hybridized carbons (Fsp3) is 0.833. The first-order valence-electron chi connectivity index (χ1n) is 5.91. The van der Waals surface area contributed by atoms with E-state index in [4.69, 9.17) is 9.84 Å². The van der Waals surface area contributed by atoms with E-state index in [-0.39, 0.29) is 12.0 Å². The fourth-order valence-corrected chi connectivity index (χ4v) is 1.89. The Hall–Kier alpha value is -1.26. The first kappa shape index (κ1) is 13.8. The molecule has 0 aromatic heterocycles. The van der Waals surface area contributed by atoms with Gasteiger partial charge in [-0.25, -0.2) is 4.79 Å². The van der Waals surface area contributed by atoms with Gasteiger partial charge in [0.25, 0.3) is 0 Å². The third-order valence-electron chi connectivity index (χ3n) is 2.97. The number of nitrogens with zero attached hydrogens (tertiary/aromatic N) is 1. The Bertz CT molecular complexity index is 308. The van der Waals surface area contributed by atoms with Crippen LogP contribution in [0.1, 0.15) is 34.1 Å². The highest BCUT2D eigenvalue weighted by Gasteiger charge is 2.34. The molecule has 98 valence electrons. The highest BCUT2D eigenvalue weighted by atomic mass is 16.6. The molecule has 1 heterocycles. The summed E-state index contributed by atoms with van der Waals surface area (Å²) in [6.45, 7) is 8.19. The van der Waals surface area contributed by atoms with E-state index in [0.29, 0.717) is 13.1 Å². The number of carboxylic acids is 1. The van der Waals surface area contributed by atoms with Crippen LogP contribution in [0.3, 0.4) is 0 Å². The predicted octanol–water partition coefficient (Wildman–Crippen LogP) is 1.96. The van der Waals surface area contributed by atoms with Crippen molar-refractivity contribution < 1.29 is 19.4 Å². The van der Waals surface area contributed by atoms with Gasteiger partial charge in [0.05, 0.1) is 5.92 Å². The summed E-state index contributed by atoms with van der Waals surface area (Å²) in [6, 6.07) is 0. The molecule has 1 aliphatic rings. The van der Waals surface area contributed by atoms with Crippen molar-refractivity contribution in [3.63, 3.8) is 0 Å². The minimum atomic E-state index is -0.805. The van der Waals surface area contributed by atoms with Gasteiger partial charge >= 0.3 is 12.1 Å². The van der Waals surface area contributed by atoms with Gasteiger partial charge in [0.15, 0.2) is 0 Å². The second-order valence-corrected chi connectivity index (χ2v) is 5.60. The summed E-state index contributed by atoms with van der Waals surface area (Å²) in [5.41, 5.74) is -0.506. The minimum absolute atomic E-state index is 0.0278. The number of ether oxygens (including phenoxy) is 1. The molecule has 5 heteroatoms. The lowest BCUT2D eigenvalue weighted by molar-refractivity contribution is -0.142. The minimum Gasteiger partial charge on any atom is -0.481 e. The van der Waals surface area contributed by atoms with Gasteiger partial charge < -0.3 is 14.7 Å². The molecule has 17 heavy (non-hydrogen) atoms. The molecule has 0 aromatic carbocycles. The first-order valence-corrected chi connectivity index (χ1v) is 5.91. The van der Waals surface area contributed by atoms with Crippen LogP contribution in [0.4, 0.5) is 4.79 Å². The van der Waals surface area contributed by atoms with Gasteiger partial charge in [-0.05, 0) is 33.1 Å². The van der Waals surface area contributed by atoms with Crippen molar-refractivity contribution in [3.8, 4) is 0 Å². The number of carbonyl (C=O) groups is 2. The van der Waals surface area contributed by atoms with Crippen LogP contribution in [-0.2, 0) is 9.53 Å². The number of hydrogen-bond acceptors (Lipinski definition) is 3. The largest absolute Gasteiger partial charge is 0.481 e. The van der Waals surface area contributed by atoms with Crippen molar-refractivity contribution in [3.05, 3.63) is 0 Å². The zero-order valence-corrected chi connectivity index (χ0v) is 10.9. The number of hydrogen-bond donors (Lipinski definition) is 1. The van der Waals surface area contributed by atoms with Gasteiger partial charge in [-0.2, -0.15) is 0 Å². The summed E-state index contributed by atoms with van der Waals surface area (Å²) < 4.78 is 5.25. The maximum atomic E-state index is 11.8. The van der Waals surface area contributed by atoms with Crippen LogP contribution < -0.4 is 0 Å². The van der Waals surface area contributed by atoms with Crippen LogP contribution in [0.25, 0.3) is 0 Å². The Morgan fingerprint density at radius 2 is 2.00 bits per heavy atom. The topological polar surface area (TPSA) is 66.8 Å². The summed E-state index contributed by atoms with van der Waals surface area (Å²) in [4.78, 5) is 24.2. The van der Waals surface area contributed by atoms with E-state index in [2.05, 4.69) is 0 Å². The number of carbonyl (C=O) groups excluding carboxylic acids is 1. The lowest BCUT2D eigenvalue weighted by Crippen LogP contribution is -2.36. The van der Waals surface area contributed by atoms with E-state index >= 15 is 0 Å². The third kappa shape index (κ3) is 3.91. The average molecular weight is 243 g/mol. The summed E-state index contributed by atoms with van der Waals surface area (Å²) in [5.74, 6) is -1.19. The smallest absolute Gasteiger partial charge is 0.410 e. The molecule has 1 unspecified atom stereocenters. The Morgan fingerprint density at radius 3 is 2.47 bits per heavy atom. The second-order valence-electron chi connectivity index (χ2n) is 5.60. The van der Waals surface area contributed by atoms with Gasteiger partial charge in [0, 0.05) is 13.1 Å². The summed E-state index contributed by atoms with van der Waals surface area (Å²) in [7, 11) is 0. The van der Waals surface area contributed by atoms with Crippen molar-refractivity contribution in [2.45, 2.75) is 39.7 Å².